The summed E-state index contributed by atoms with van der Waals surface area (Å²) in [5.41, 5.74) is 3.22. The Hall–Kier alpha value is -1.59. The normalized spacial score (nSPS) is 42.8. The number of aryl methyl sites for hydroxylation is 1. The summed E-state index contributed by atoms with van der Waals surface area (Å²) in [7, 11) is 0. The quantitative estimate of drug-likeness (QED) is 0.465. The third-order valence-corrected chi connectivity index (χ3v) is 11.0. The van der Waals surface area contributed by atoms with Gasteiger partial charge < -0.3 is 19.5 Å². The van der Waals surface area contributed by atoms with Crippen molar-refractivity contribution in [2.45, 2.75) is 103 Å². The average Bonchev–Trinajstić information content (AvgIpc) is 3.31. The van der Waals surface area contributed by atoms with Crippen molar-refractivity contribution in [3.05, 3.63) is 29.3 Å². The fraction of sp³-hybridized carbons (Fsp3) is 0.774. The molecule has 2 heterocycles. The molecule has 5 aliphatic rings. The summed E-state index contributed by atoms with van der Waals surface area (Å²) >= 11 is 0. The van der Waals surface area contributed by atoms with Gasteiger partial charge in [-0.1, -0.05) is 40.2 Å². The molecule has 0 unspecified atom stereocenters. The molecule has 3 aliphatic carbocycles. The maximum Gasteiger partial charge on any atom is 0.412 e. The molecule has 0 radical (unpaired) electrons. The van der Waals surface area contributed by atoms with Crippen LogP contribution in [0, 0.1) is 35.0 Å². The summed E-state index contributed by atoms with van der Waals surface area (Å²) in [4.78, 5) is 12.1. The van der Waals surface area contributed by atoms with Crippen LogP contribution in [0.2, 0.25) is 0 Å². The third-order valence-electron chi connectivity index (χ3n) is 11.0. The summed E-state index contributed by atoms with van der Waals surface area (Å²) in [6.07, 6.45) is 10.4. The fourth-order valence-electron chi connectivity index (χ4n) is 9.15. The summed E-state index contributed by atoms with van der Waals surface area (Å²) in [6, 6.07) is 6.39. The van der Waals surface area contributed by atoms with Crippen molar-refractivity contribution in [3.63, 3.8) is 0 Å². The Kier molecular flexibility index (Phi) is 6.39. The fourth-order valence-corrected chi connectivity index (χ4v) is 9.15. The highest BCUT2D eigenvalue weighted by atomic mass is 16.7. The molecule has 2 aliphatic heterocycles. The number of unbranched alkanes of at least 4 members (excludes halogenated alkanes) is 1. The van der Waals surface area contributed by atoms with Crippen molar-refractivity contribution in [3.8, 4) is 5.75 Å². The summed E-state index contributed by atoms with van der Waals surface area (Å²) in [5.74, 6) is 4.15. The lowest BCUT2D eigenvalue weighted by molar-refractivity contribution is -0.272. The van der Waals surface area contributed by atoms with E-state index in [9.17, 15) is 4.79 Å². The molecular formula is C31H45NO4. The first-order valence-electron chi connectivity index (χ1n) is 14.7. The Labute approximate surface area is 217 Å². The molecule has 36 heavy (non-hydrogen) atoms. The van der Waals surface area contributed by atoms with Gasteiger partial charge in [-0.15, -0.1) is 0 Å². The van der Waals surface area contributed by atoms with Gasteiger partial charge in [0.05, 0.1) is 12.7 Å². The number of fused-ring (bicyclic) bond motifs is 7. The van der Waals surface area contributed by atoms with Crippen LogP contribution >= 0.6 is 0 Å². The lowest BCUT2D eigenvalue weighted by Crippen LogP contribution is -2.48. The van der Waals surface area contributed by atoms with Gasteiger partial charge in [-0.3, -0.25) is 0 Å². The Morgan fingerprint density at radius 3 is 2.83 bits per heavy atom. The number of nitrogens with one attached hydrogen (secondary N) is 1. The molecule has 0 bridgehead atoms. The molecule has 1 amide bonds. The SMILES string of the molecule is CCCCNC(=O)Oc1ccc2c(c1)CC[C@@H]1[C@@H]2CC[C@]2(C)[C@@H]3[C@H](C[C@@H]12)O[C@]1(CC[C@@H](C)CO1)[C@H]3C. The van der Waals surface area contributed by atoms with E-state index < -0.39 is 0 Å². The molecule has 6 rings (SSSR count). The maximum absolute atomic E-state index is 12.1. The average molecular weight is 496 g/mol. The van der Waals surface area contributed by atoms with Gasteiger partial charge >= 0.3 is 6.09 Å². The largest absolute Gasteiger partial charge is 0.412 e. The Balaban J connectivity index is 1.17. The predicted octanol–water partition coefficient (Wildman–Crippen LogP) is 6.84. The van der Waals surface area contributed by atoms with Crippen LogP contribution in [-0.4, -0.2) is 31.1 Å². The molecular weight excluding hydrogens is 450 g/mol. The monoisotopic (exact) mass is 495 g/mol. The molecule has 1 aromatic carbocycles. The van der Waals surface area contributed by atoms with Crippen LogP contribution in [0.4, 0.5) is 4.79 Å². The first kappa shape index (κ1) is 24.7. The van der Waals surface area contributed by atoms with E-state index in [1.54, 1.807) is 0 Å². The van der Waals surface area contributed by atoms with Gasteiger partial charge in [0, 0.05) is 18.9 Å². The van der Waals surface area contributed by atoms with Gasteiger partial charge in [-0.05, 0) is 103 Å². The van der Waals surface area contributed by atoms with Crippen LogP contribution in [0.1, 0.15) is 96.1 Å². The van der Waals surface area contributed by atoms with Crippen molar-refractivity contribution in [1.82, 2.24) is 5.32 Å². The van der Waals surface area contributed by atoms with Crippen LogP contribution < -0.4 is 10.1 Å². The molecule has 2 saturated heterocycles. The smallest absolute Gasteiger partial charge is 0.410 e. The molecule has 1 spiro atoms. The second-order valence-corrected chi connectivity index (χ2v) is 13.0. The molecule has 4 fully saturated rings. The van der Waals surface area contributed by atoms with E-state index in [2.05, 4.69) is 45.1 Å². The first-order valence-corrected chi connectivity index (χ1v) is 14.7. The zero-order valence-corrected chi connectivity index (χ0v) is 22.7. The van der Waals surface area contributed by atoms with E-state index >= 15 is 0 Å². The zero-order valence-electron chi connectivity index (χ0n) is 22.7. The second-order valence-electron chi connectivity index (χ2n) is 13.0. The van der Waals surface area contributed by atoms with Crippen LogP contribution in [-0.2, 0) is 15.9 Å². The maximum atomic E-state index is 12.1. The standard InChI is InChI=1S/C31H45NO4/c1-5-6-15-32-29(33)35-22-8-10-23-21(16-22)7-9-25-24(23)12-13-30(4)26(25)17-27-28(30)20(3)31(36-27)14-11-19(2)18-34-31/h8,10,16,19-20,24-28H,5-7,9,11-15,17-18H2,1-4H3,(H,32,33)/t19-,20+,24-,25-,26+,27+,28+,30+,31-/m1/s1. The number of hydrogen-bond acceptors (Lipinski definition) is 4. The van der Waals surface area contributed by atoms with Gasteiger partial charge in [0.25, 0.3) is 0 Å². The van der Waals surface area contributed by atoms with E-state index in [4.69, 9.17) is 14.2 Å². The molecule has 0 aromatic heterocycles. The van der Waals surface area contributed by atoms with Crippen LogP contribution in [0.3, 0.4) is 0 Å². The summed E-state index contributed by atoms with van der Waals surface area (Å²) < 4.78 is 19.0. The number of rotatable bonds is 4. The van der Waals surface area contributed by atoms with Gasteiger partial charge in [-0.2, -0.15) is 0 Å². The Morgan fingerprint density at radius 2 is 2.06 bits per heavy atom. The topological polar surface area (TPSA) is 56.8 Å². The Bertz CT molecular complexity index is 985. The number of hydrogen-bond donors (Lipinski definition) is 1. The van der Waals surface area contributed by atoms with Crippen LogP contribution in [0.5, 0.6) is 5.75 Å². The Morgan fingerprint density at radius 1 is 1.19 bits per heavy atom. The predicted molar refractivity (Wildman–Crippen MR) is 140 cm³/mol. The minimum atomic E-state index is -0.341. The highest BCUT2D eigenvalue weighted by molar-refractivity contribution is 5.70. The van der Waals surface area contributed by atoms with E-state index in [1.165, 1.54) is 43.2 Å². The van der Waals surface area contributed by atoms with Crippen molar-refractivity contribution in [1.29, 1.82) is 0 Å². The zero-order chi connectivity index (χ0) is 25.1. The summed E-state index contributed by atoms with van der Waals surface area (Å²) in [6.45, 7) is 10.9. The number of benzene rings is 1. The minimum Gasteiger partial charge on any atom is -0.410 e. The second kappa shape index (κ2) is 9.31. The van der Waals surface area contributed by atoms with E-state index in [1.807, 2.05) is 6.07 Å². The molecule has 9 atom stereocenters. The minimum absolute atomic E-state index is 0.328. The lowest BCUT2D eigenvalue weighted by Gasteiger charge is -2.52. The molecule has 5 nitrogen and oxygen atoms in total. The van der Waals surface area contributed by atoms with Crippen molar-refractivity contribution >= 4 is 6.09 Å². The highest BCUT2D eigenvalue weighted by Crippen LogP contribution is 2.69. The number of amides is 1. The molecule has 5 heteroatoms. The molecule has 1 N–H and O–H groups in total. The van der Waals surface area contributed by atoms with Crippen LogP contribution in [0.25, 0.3) is 0 Å². The first-order chi connectivity index (χ1) is 17.3. The third kappa shape index (κ3) is 3.91. The molecule has 2 saturated carbocycles. The van der Waals surface area contributed by atoms with E-state index in [-0.39, 0.29) is 11.9 Å². The van der Waals surface area contributed by atoms with Crippen molar-refractivity contribution in [2.75, 3.05) is 13.2 Å². The van der Waals surface area contributed by atoms with Gasteiger partial charge in [-0.25, -0.2) is 4.79 Å². The van der Waals surface area contributed by atoms with E-state index in [0.717, 1.165) is 44.1 Å². The molecule has 1 aromatic rings. The van der Waals surface area contributed by atoms with Crippen LogP contribution in [0.15, 0.2) is 18.2 Å². The number of carbonyl (C=O) groups is 1. The number of ether oxygens (including phenoxy) is 3. The molecule has 198 valence electrons. The van der Waals surface area contributed by atoms with Gasteiger partial charge in [0.1, 0.15) is 5.75 Å². The summed E-state index contributed by atoms with van der Waals surface area (Å²) in [5, 5.41) is 2.85. The van der Waals surface area contributed by atoms with Crippen molar-refractivity contribution < 1.29 is 19.0 Å². The van der Waals surface area contributed by atoms with Gasteiger partial charge in [0.15, 0.2) is 5.79 Å². The lowest BCUT2D eigenvalue weighted by atomic mass is 9.53. The van der Waals surface area contributed by atoms with Gasteiger partial charge in [0.2, 0.25) is 0 Å². The van der Waals surface area contributed by atoms with Crippen molar-refractivity contribution in [2.24, 2.45) is 35.0 Å². The van der Waals surface area contributed by atoms with E-state index in [0.29, 0.717) is 47.5 Å². The highest BCUT2D eigenvalue weighted by Gasteiger charge is 2.67. The number of carbonyl (C=O) groups excluding carboxylic acids is 1.